The van der Waals surface area contributed by atoms with Gasteiger partial charge >= 0.3 is 12.3 Å². The minimum Gasteiger partial charge on any atom is -0.370 e. The molecule has 156 valence electrons. The Labute approximate surface area is 162 Å². The van der Waals surface area contributed by atoms with Gasteiger partial charge in [0.15, 0.2) is 0 Å². The Morgan fingerprint density at radius 3 is 2.62 bits per heavy atom. The number of hydrogen-bond acceptors (Lipinski definition) is 2. The van der Waals surface area contributed by atoms with Crippen LogP contribution in [0.4, 0.5) is 32.0 Å². The summed E-state index contributed by atoms with van der Waals surface area (Å²) < 4.78 is 81.4. The topological polar surface area (TPSA) is 38.3 Å². The third-order valence-electron chi connectivity index (χ3n) is 4.57. The van der Waals surface area contributed by atoms with E-state index < -0.39 is 36.5 Å². The lowest BCUT2D eigenvalue weighted by Crippen LogP contribution is -2.32. The number of rotatable bonds is 8. The van der Waals surface area contributed by atoms with Crippen molar-refractivity contribution in [3.63, 3.8) is 0 Å². The van der Waals surface area contributed by atoms with E-state index >= 15 is 0 Å². The summed E-state index contributed by atoms with van der Waals surface area (Å²) >= 11 is 0. The van der Waals surface area contributed by atoms with Crippen molar-refractivity contribution in [3.05, 3.63) is 65.2 Å². The summed E-state index contributed by atoms with van der Waals surface area (Å²) in [4.78, 5) is 12.3. The molecule has 1 aliphatic carbocycles. The molecule has 3 rings (SSSR count). The van der Waals surface area contributed by atoms with Crippen LogP contribution >= 0.6 is 0 Å². The first kappa shape index (κ1) is 21.2. The molecule has 9 heteroatoms. The van der Waals surface area contributed by atoms with Gasteiger partial charge < -0.3 is 10.1 Å². The molecule has 1 saturated carbocycles. The van der Waals surface area contributed by atoms with Crippen molar-refractivity contribution in [2.24, 2.45) is 5.92 Å². The van der Waals surface area contributed by atoms with E-state index in [0.717, 1.165) is 12.1 Å². The Hall–Kier alpha value is -2.55. The number of ether oxygens (including phenoxy) is 1. The molecule has 0 aliphatic heterocycles. The predicted octanol–water partition coefficient (Wildman–Crippen LogP) is 5.12. The van der Waals surface area contributed by atoms with Gasteiger partial charge in [0.2, 0.25) is 5.91 Å². The summed E-state index contributed by atoms with van der Waals surface area (Å²) in [6.07, 6.45) is -3.40. The molecule has 1 N–H and O–H groups in total. The molecule has 0 heterocycles. The van der Waals surface area contributed by atoms with Crippen LogP contribution in [-0.2, 0) is 16.1 Å². The third-order valence-corrected chi connectivity index (χ3v) is 4.57. The lowest BCUT2D eigenvalue weighted by molar-refractivity contribution is -0.168. The number of nitrogens with one attached hydrogen (secondary N) is 1. The van der Waals surface area contributed by atoms with Gasteiger partial charge in [0.1, 0.15) is 18.2 Å². The maximum Gasteiger partial charge on any atom is 0.330 e. The van der Waals surface area contributed by atoms with Gasteiger partial charge in [-0.2, -0.15) is 8.78 Å². The van der Waals surface area contributed by atoms with Crippen LogP contribution in [0.3, 0.4) is 0 Å². The smallest absolute Gasteiger partial charge is 0.330 e. The van der Waals surface area contributed by atoms with Crippen molar-refractivity contribution in [1.29, 1.82) is 0 Å². The van der Waals surface area contributed by atoms with Crippen LogP contribution in [0.15, 0.2) is 42.5 Å². The molecule has 3 nitrogen and oxygen atoms in total. The van der Waals surface area contributed by atoms with E-state index in [1.54, 1.807) is 12.1 Å². The first-order chi connectivity index (χ1) is 13.7. The largest absolute Gasteiger partial charge is 0.370 e. The number of carbonyl (C=O) groups excluding carboxylic acids is 1. The zero-order chi connectivity index (χ0) is 21.2. The van der Waals surface area contributed by atoms with E-state index in [0.29, 0.717) is 17.7 Å². The summed E-state index contributed by atoms with van der Waals surface area (Å²) in [5.41, 5.74) is 1.04. The molecule has 1 amide bonds. The Morgan fingerprint density at radius 2 is 1.93 bits per heavy atom. The summed E-state index contributed by atoms with van der Waals surface area (Å²) in [7, 11) is 0. The normalized spacial score (nSPS) is 18.7. The molecular formula is C20H17F6NO2. The fraction of sp³-hybridized carbons (Fsp3) is 0.350. The molecule has 1 aliphatic rings. The highest BCUT2D eigenvalue weighted by atomic mass is 19.3. The second-order valence-corrected chi connectivity index (χ2v) is 6.86. The molecule has 29 heavy (non-hydrogen) atoms. The fourth-order valence-corrected chi connectivity index (χ4v) is 2.97. The van der Waals surface area contributed by atoms with Crippen molar-refractivity contribution in [2.75, 3.05) is 11.9 Å². The Balaban J connectivity index is 1.54. The van der Waals surface area contributed by atoms with Gasteiger partial charge in [0.05, 0.1) is 6.61 Å². The summed E-state index contributed by atoms with van der Waals surface area (Å²) in [5, 5.41) is 2.64. The molecule has 2 unspecified atom stereocenters. The monoisotopic (exact) mass is 417 g/mol. The Bertz CT molecular complexity index is 889. The van der Waals surface area contributed by atoms with Gasteiger partial charge in [0.25, 0.3) is 0 Å². The highest BCUT2D eigenvalue weighted by Crippen LogP contribution is 2.48. The summed E-state index contributed by atoms with van der Waals surface area (Å²) in [5.74, 6) is -6.81. The SMILES string of the molecule is O=C(Nc1cccc(COCC(F)(F)C(F)F)c1)C1CC1c1ccc(F)cc1F. The van der Waals surface area contributed by atoms with E-state index in [2.05, 4.69) is 10.1 Å². The number of anilines is 1. The average Bonchev–Trinajstić information content (AvgIpc) is 3.42. The molecule has 0 bridgehead atoms. The Kier molecular flexibility index (Phi) is 6.16. The Morgan fingerprint density at radius 1 is 1.17 bits per heavy atom. The number of benzene rings is 2. The van der Waals surface area contributed by atoms with Gasteiger partial charge in [-0.15, -0.1) is 0 Å². The van der Waals surface area contributed by atoms with Crippen LogP contribution in [0.1, 0.15) is 23.5 Å². The lowest BCUT2D eigenvalue weighted by atomic mass is 10.1. The van der Waals surface area contributed by atoms with Crippen LogP contribution in [0, 0.1) is 17.6 Å². The number of carbonyl (C=O) groups is 1. The lowest BCUT2D eigenvalue weighted by Gasteiger charge is -2.15. The zero-order valence-corrected chi connectivity index (χ0v) is 15.0. The summed E-state index contributed by atoms with van der Waals surface area (Å²) in [6, 6.07) is 9.32. The third kappa shape index (κ3) is 5.29. The number of amides is 1. The minimum absolute atomic E-state index is 0.272. The van der Waals surface area contributed by atoms with Gasteiger partial charge in [-0.3, -0.25) is 4.79 Å². The number of halogens is 6. The second-order valence-electron chi connectivity index (χ2n) is 6.86. The molecule has 1 fully saturated rings. The quantitative estimate of drug-likeness (QED) is 0.606. The number of alkyl halides is 4. The van der Waals surface area contributed by atoms with Crippen LogP contribution in [0.2, 0.25) is 0 Å². The van der Waals surface area contributed by atoms with Crippen LogP contribution in [-0.4, -0.2) is 24.9 Å². The van der Waals surface area contributed by atoms with Gasteiger partial charge in [-0.25, -0.2) is 17.6 Å². The van der Waals surface area contributed by atoms with Crippen LogP contribution in [0.5, 0.6) is 0 Å². The first-order valence-electron chi connectivity index (χ1n) is 8.76. The van der Waals surface area contributed by atoms with Crippen molar-refractivity contribution in [3.8, 4) is 0 Å². The van der Waals surface area contributed by atoms with E-state index in [1.807, 2.05) is 0 Å². The standard InChI is InChI=1S/C20H17F6NO2/c21-12-4-5-14(17(22)7-12)15-8-16(15)18(28)27-13-3-1-2-11(6-13)9-29-10-20(25,26)19(23)24/h1-7,15-16,19H,8-10H2,(H,27,28). The van der Waals surface area contributed by atoms with Crippen molar-refractivity contribution in [2.45, 2.75) is 31.3 Å². The molecular weight excluding hydrogens is 400 g/mol. The van der Waals surface area contributed by atoms with Crippen LogP contribution in [0.25, 0.3) is 0 Å². The highest BCUT2D eigenvalue weighted by Gasteiger charge is 2.45. The maximum absolute atomic E-state index is 13.8. The molecule has 0 spiro atoms. The van der Waals surface area contributed by atoms with Crippen molar-refractivity contribution in [1.82, 2.24) is 0 Å². The van der Waals surface area contributed by atoms with Crippen molar-refractivity contribution >= 4 is 11.6 Å². The van der Waals surface area contributed by atoms with Gasteiger partial charge in [0, 0.05) is 17.7 Å². The average molecular weight is 417 g/mol. The van der Waals surface area contributed by atoms with E-state index in [9.17, 15) is 31.1 Å². The second kappa shape index (κ2) is 8.44. The number of hydrogen-bond donors (Lipinski definition) is 1. The highest BCUT2D eigenvalue weighted by molar-refractivity contribution is 5.95. The van der Waals surface area contributed by atoms with E-state index in [1.165, 1.54) is 18.2 Å². The predicted molar refractivity (Wildman–Crippen MR) is 92.9 cm³/mol. The molecule has 2 aromatic rings. The molecule has 2 aromatic carbocycles. The summed E-state index contributed by atoms with van der Waals surface area (Å²) in [6.45, 7) is -1.76. The molecule has 2 atom stereocenters. The fourth-order valence-electron chi connectivity index (χ4n) is 2.97. The van der Waals surface area contributed by atoms with E-state index in [4.69, 9.17) is 0 Å². The molecule has 0 aromatic heterocycles. The van der Waals surface area contributed by atoms with E-state index in [-0.39, 0.29) is 24.0 Å². The molecule has 0 saturated heterocycles. The molecule has 0 radical (unpaired) electrons. The van der Waals surface area contributed by atoms with Crippen molar-refractivity contribution < 1.29 is 35.9 Å². The first-order valence-corrected chi connectivity index (χ1v) is 8.76. The minimum atomic E-state index is -4.23. The van der Waals surface area contributed by atoms with Crippen LogP contribution < -0.4 is 5.32 Å². The zero-order valence-electron chi connectivity index (χ0n) is 15.0. The van der Waals surface area contributed by atoms with Gasteiger partial charge in [-0.05, 0) is 41.7 Å². The maximum atomic E-state index is 13.8. The van der Waals surface area contributed by atoms with Gasteiger partial charge in [-0.1, -0.05) is 18.2 Å².